The van der Waals surface area contributed by atoms with Gasteiger partial charge in [0.05, 0.1) is 6.04 Å². The topological polar surface area (TPSA) is 86.3 Å². The molecule has 1 fully saturated rings. The monoisotopic (exact) mass is 317 g/mol. The van der Waals surface area contributed by atoms with Gasteiger partial charge in [0.15, 0.2) is 0 Å². The average molecular weight is 317 g/mol. The zero-order chi connectivity index (χ0) is 14.9. The third-order valence-electron chi connectivity index (χ3n) is 3.50. The van der Waals surface area contributed by atoms with Crippen LogP contribution in [-0.4, -0.2) is 22.3 Å². The number of amides is 1. The van der Waals surface area contributed by atoms with E-state index in [-0.39, 0.29) is 41.5 Å². The molecule has 1 amide bonds. The molecule has 1 saturated carbocycles. The van der Waals surface area contributed by atoms with Crippen LogP contribution in [0.3, 0.4) is 0 Å². The van der Waals surface area contributed by atoms with Gasteiger partial charge in [-0.1, -0.05) is 12.1 Å². The first-order valence-corrected chi connectivity index (χ1v) is 7.90. The largest absolute Gasteiger partial charge is 1.00 e. The van der Waals surface area contributed by atoms with E-state index in [0.29, 0.717) is 6.42 Å². The van der Waals surface area contributed by atoms with Gasteiger partial charge >= 0.3 is 29.6 Å². The molecule has 0 saturated heterocycles. The van der Waals surface area contributed by atoms with Gasteiger partial charge in [-0.3, -0.25) is 9.00 Å². The molecule has 0 aliphatic heterocycles. The van der Waals surface area contributed by atoms with Crippen molar-refractivity contribution in [2.45, 2.75) is 24.3 Å². The molecule has 1 aromatic rings. The Morgan fingerprint density at radius 2 is 1.86 bits per heavy atom. The van der Waals surface area contributed by atoms with E-state index in [1.54, 1.807) is 18.4 Å². The van der Waals surface area contributed by atoms with Gasteiger partial charge in [0.1, 0.15) is 0 Å². The molecule has 1 aliphatic rings. The number of hydrogen-bond donors (Lipinski definition) is 1. The van der Waals surface area contributed by atoms with Gasteiger partial charge < -0.3 is 15.2 Å². The fraction of sp³-hybridized carbons (Fsp3) is 0.429. The van der Waals surface area contributed by atoms with Gasteiger partial charge in [0.2, 0.25) is 5.91 Å². The van der Waals surface area contributed by atoms with E-state index in [2.05, 4.69) is 5.32 Å². The summed E-state index contributed by atoms with van der Waals surface area (Å²) in [6, 6.07) is 6.92. The summed E-state index contributed by atoms with van der Waals surface area (Å²) in [5.41, 5.74) is 0.887. The Balaban J connectivity index is 0.00000220. The second-order valence-corrected chi connectivity index (χ2v) is 6.40. The Morgan fingerprint density at radius 1 is 1.29 bits per heavy atom. The molecule has 5 nitrogen and oxygen atoms in total. The van der Waals surface area contributed by atoms with Gasteiger partial charge in [-0.2, -0.15) is 0 Å². The van der Waals surface area contributed by atoms with Crippen molar-refractivity contribution in [3.8, 4) is 0 Å². The van der Waals surface area contributed by atoms with Crippen LogP contribution in [0.2, 0.25) is 0 Å². The maximum Gasteiger partial charge on any atom is 1.00 e. The van der Waals surface area contributed by atoms with E-state index < -0.39 is 28.6 Å². The molecule has 4 atom stereocenters. The van der Waals surface area contributed by atoms with Crippen LogP contribution < -0.4 is 40.0 Å². The molecule has 0 heterocycles. The summed E-state index contributed by atoms with van der Waals surface area (Å²) < 4.78 is 11.3. The number of aliphatic carboxylic acids is 1. The first-order valence-electron chi connectivity index (χ1n) is 6.34. The Hall–Kier alpha value is -0.690. The van der Waals surface area contributed by atoms with Crippen LogP contribution in [0, 0.1) is 11.8 Å². The summed E-state index contributed by atoms with van der Waals surface area (Å²) in [6.07, 6.45) is 1.96. The van der Waals surface area contributed by atoms with Crippen molar-refractivity contribution in [2.24, 2.45) is 11.8 Å². The fourth-order valence-electron chi connectivity index (χ4n) is 2.10. The van der Waals surface area contributed by atoms with Crippen molar-refractivity contribution in [2.75, 3.05) is 6.26 Å². The second kappa shape index (κ2) is 7.54. The van der Waals surface area contributed by atoms with Crippen LogP contribution in [0.15, 0.2) is 29.2 Å². The SMILES string of the molecule is CC(NC(=O)[C@@H]1C[C@@H]1C(=O)[O-])c1ccc(S(C)=O)cc1.[Na+]. The summed E-state index contributed by atoms with van der Waals surface area (Å²) in [5.74, 6) is -2.53. The molecule has 2 rings (SSSR count). The molecular weight excluding hydrogens is 301 g/mol. The average Bonchev–Trinajstić information content (AvgIpc) is 3.19. The van der Waals surface area contributed by atoms with Crippen molar-refractivity contribution >= 4 is 22.7 Å². The fourth-order valence-corrected chi connectivity index (χ4v) is 2.62. The van der Waals surface area contributed by atoms with Crippen molar-refractivity contribution < 1.29 is 48.5 Å². The molecule has 0 aromatic heterocycles. The van der Waals surface area contributed by atoms with Crippen LogP contribution in [0.1, 0.15) is 24.9 Å². The summed E-state index contributed by atoms with van der Waals surface area (Å²) >= 11 is 0. The number of carboxylic acids is 1. The number of nitrogens with one attached hydrogen (secondary N) is 1. The van der Waals surface area contributed by atoms with Crippen molar-refractivity contribution in [1.29, 1.82) is 0 Å². The third-order valence-corrected chi connectivity index (χ3v) is 4.44. The minimum absolute atomic E-state index is 0. The molecule has 2 unspecified atom stereocenters. The van der Waals surface area contributed by atoms with Crippen LogP contribution in [0.25, 0.3) is 0 Å². The maximum absolute atomic E-state index is 11.8. The van der Waals surface area contributed by atoms with Gasteiger partial charge in [0.25, 0.3) is 0 Å². The Morgan fingerprint density at radius 3 is 2.29 bits per heavy atom. The van der Waals surface area contributed by atoms with Gasteiger partial charge in [0, 0.05) is 39.8 Å². The first-order chi connectivity index (χ1) is 9.40. The number of benzene rings is 1. The molecule has 1 N–H and O–H groups in total. The van der Waals surface area contributed by atoms with Gasteiger partial charge in [-0.25, -0.2) is 0 Å². The maximum atomic E-state index is 11.8. The summed E-state index contributed by atoms with van der Waals surface area (Å²) in [5, 5.41) is 13.4. The molecule has 1 aromatic carbocycles. The molecular formula is C14H16NNaO4S. The Labute approximate surface area is 148 Å². The van der Waals surface area contributed by atoms with Crippen molar-refractivity contribution in [3.05, 3.63) is 29.8 Å². The molecule has 1 aliphatic carbocycles. The number of hydrogen-bond acceptors (Lipinski definition) is 4. The smallest absolute Gasteiger partial charge is 0.550 e. The number of carbonyl (C=O) groups excluding carboxylic acids is 2. The number of carbonyl (C=O) groups is 2. The minimum atomic E-state index is -1.16. The van der Waals surface area contributed by atoms with Crippen molar-refractivity contribution in [3.63, 3.8) is 0 Å². The number of carboxylic acid groups (broad SMARTS) is 1. The van der Waals surface area contributed by atoms with E-state index in [9.17, 15) is 18.9 Å². The standard InChI is InChI=1S/C14H17NO4S.Na/c1-8(9-3-5-10(6-4-9)20(2)19)15-13(16)11-7-12(11)14(17)18;/h3-6,8,11-12H,7H2,1-2H3,(H,15,16)(H,17,18);/q;+1/p-1/t8?,11-,12+,20?;/m1./s1. The molecule has 108 valence electrons. The van der Waals surface area contributed by atoms with Crippen LogP contribution in [0.4, 0.5) is 0 Å². The quantitative estimate of drug-likeness (QED) is 0.586. The minimum Gasteiger partial charge on any atom is -0.550 e. The van der Waals surface area contributed by atoms with Gasteiger partial charge in [-0.05, 0) is 31.0 Å². The van der Waals surface area contributed by atoms with E-state index in [4.69, 9.17) is 0 Å². The summed E-state index contributed by atoms with van der Waals surface area (Å²) in [6.45, 7) is 1.83. The third kappa shape index (κ3) is 4.64. The van der Waals surface area contributed by atoms with E-state index in [1.807, 2.05) is 19.1 Å². The van der Waals surface area contributed by atoms with E-state index in [1.165, 1.54) is 0 Å². The predicted molar refractivity (Wildman–Crippen MR) is 71.9 cm³/mol. The van der Waals surface area contributed by atoms with E-state index >= 15 is 0 Å². The Kier molecular flexibility index (Phi) is 6.59. The normalized spacial score (nSPS) is 22.6. The second-order valence-electron chi connectivity index (χ2n) is 5.02. The molecule has 0 radical (unpaired) electrons. The van der Waals surface area contributed by atoms with Gasteiger partial charge in [-0.15, -0.1) is 0 Å². The molecule has 21 heavy (non-hydrogen) atoms. The van der Waals surface area contributed by atoms with E-state index in [0.717, 1.165) is 10.5 Å². The summed E-state index contributed by atoms with van der Waals surface area (Å²) in [7, 11) is -1.03. The van der Waals surface area contributed by atoms with Crippen LogP contribution in [-0.2, 0) is 20.4 Å². The zero-order valence-electron chi connectivity index (χ0n) is 12.3. The predicted octanol–water partition coefficient (Wildman–Crippen LogP) is -3.01. The first kappa shape index (κ1) is 18.4. The Bertz CT molecular complexity index is 561. The van der Waals surface area contributed by atoms with Crippen molar-refractivity contribution in [1.82, 2.24) is 5.32 Å². The number of rotatable bonds is 5. The van der Waals surface area contributed by atoms with Crippen LogP contribution >= 0.6 is 0 Å². The zero-order valence-corrected chi connectivity index (χ0v) is 15.1. The molecule has 7 heteroatoms. The van der Waals surface area contributed by atoms with Crippen LogP contribution in [0.5, 0.6) is 0 Å². The summed E-state index contributed by atoms with van der Waals surface area (Å²) in [4.78, 5) is 23.2. The molecule has 0 spiro atoms. The molecule has 0 bridgehead atoms.